The number of aryl methyl sites for hydroxylation is 1. The molecule has 0 heterocycles. The number of hydrogen-bond donors (Lipinski definition) is 2. The molecule has 0 spiro atoms. The van der Waals surface area contributed by atoms with E-state index < -0.39 is 6.04 Å². The Bertz CT molecular complexity index is 552. The molecule has 0 bridgehead atoms. The van der Waals surface area contributed by atoms with Gasteiger partial charge < -0.3 is 10.6 Å². The third kappa shape index (κ3) is 6.34. The van der Waals surface area contributed by atoms with Gasteiger partial charge in [0.25, 0.3) is 5.91 Å². The molecule has 0 aliphatic rings. The molecule has 0 saturated carbocycles. The van der Waals surface area contributed by atoms with E-state index in [1.165, 1.54) is 0 Å². The summed E-state index contributed by atoms with van der Waals surface area (Å²) < 4.78 is 0. The van der Waals surface area contributed by atoms with Gasteiger partial charge in [-0.3, -0.25) is 9.59 Å². The lowest BCUT2D eigenvalue weighted by Crippen LogP contribution is -2.51. The number of carbonyl (C=O) groups is 2. The van der Waals surface area contributed by atoms with Crippen molar-refractivity contribution in [3.63, 3.8) is 0 Å². The summed E-state index contributed by atoms with van der Waals surface area (Å²) in [6.45, 7) is 12.2. The Hall–Kier alpha value is -1.84. The van der Waals surface area contributed by atoms with Crippen molar-refractivity contribution in [1.82, 2.24) is 10.6 Å². The van der Waals surface area contributed by atoms with Gasteiger partial charge in [0.15, 0.2) is 0 Å². The minimum absolute atomic E-state index is 0.0234. The summed E-state index contributed by atoms with van der Waals surface area (Å²) in [6.07, 6.45) is 2.02. The zero-order valence-electron chi connectivity index (χ0n) is 15.8. The molecule has 24 heavy (non-hydrogen) atoms. The predicted molar refractivity (Wildman–Crippen MR) is 98.9 cm³/mol. The van der Waals surface area contributed by atoms with Crippen LogP contribution in [-0.2, 0) is 4.79 Å². The van der Waals surface area contributed by atoms with Crippen LogP contribution in [0.3, 0.4) is 0 Å². The van der Waals surface area contributed by atoms with Crippen molar-refractivity contribution in [3.8, 4) is 0 Å². The molecule has 1 rings (SSSR count). The maximum absolute atomic E-state index is 12.6. The third-order valence-electron chi connectivity index (χ3n) is 4.19. The van der Waals surface area contributed by atoms with Crippen molar-refractivity contribution in [2.45, 2.75) is 66.5 Å². The average Bonchev–Trinajstić information content (AvgIpc) is 2.50. The molecule has 2 unspecified atom stereocenters. The molecule has 1 aromatic carbocycles. The van der Waals surface area contributed by atoms with Gasteiger partial charge in [0.05, 0.1) is 0 Å². The van der Waals surface area contributed by atoms with E-state index in [1.807, 2.05) is 45.9 Å². The van der Waals surface area contributed by atoms with Crippen molar-refractivity contribution in [1.29, 1.82) is 0 Å². The molecule has 134 valence electrons. The molecule has 0 radical (unpaired) electrons. The maximum atomic E-state index is 12.6. The zero-order chi connectivity index (χ0) is 18.3. The molecule has 2 N–H and O–H groups in total. The second-order valence-electron chi connectivity index (χ2n) is 7.39. The second kappa shape index (κ2) is 9.45. The summed E-state index contributed by atoms with van der Waals surface area (Å²) >= 11 is 0. The molecular formula is C20H32N2O2. The summed E-state index contributed by atoms with van der Waals surface area (Å²) in [5.41, 5.74) is 1.52. The molecule has 0 aliphatic carbocycles. The van der Waals surface area contributed by atoms with Crippen LogP contribution in [0.25, 0.3) is 0 Å². The van der Waals surface area contributed by atoms with Gasteiger partial charge in [0.2, 0.25) is 5.91 Å². The topological polar surface area (TPSA) is 58.2 Å². The van der Waals surface area contributed by atoms with Crippen LogP contribution in [0.15, 0.2) is 24.3 Å². The van der Waals surface area contributed by atoms with Crippen LogP contribution in [0, 0.1) is 18.8 Å². The summed E-state index contributed by atoms with van der Waals surface area (Å²) in [6, 6.07) is 6.99. The second-order valence-corrected chi connectivity index (χ2v) is 7.39. The molecule has 0 fully saturated rings. The summed E-state index contributed by atoms with van der Waals surface area (Å²) in [5.74, 6) is 0.334. The van der Waals surface area contributed by atoms with E-state index in [-0.39, 0.29) is 23.8 Å². The average molecular weight is 332 g/mol. The van der Waals surface area contributed by atoms with Crippen molar-refractivity contribution >= 4 is 11.8 Å². The van der Waals surface area contributed by atoms with E-state index in [0.717, 1.165) is 18.4 Å². The van der Waals surface area contributed by atoms with Gasteiger partial charge in [-0.25, -0.2) is 0 Å². The van der Waals surface area contributed by atoms with Crippen LogP contribution in [-0.4, -0.2) is 23.9 Å². The van der Waals surface area contributed by atoms with Gasteiger partial charge in [0.1, 0.15) is 6.04 Å². The van der Waals surface area contributed by atoms with Crippen LogP contribution in [0.1, 0.15) is 63.4 Å². The highest BCUT2D eigenvalue weighted by Gasteiger charge is 2.26. The van der Waals surface area contributed by atoms with Gasteiger partial charge >= 0.3 is 0 Å². The first-order valence-corrected chi connectivity index (χ1v) is 8.89. The number of rotatable bonds is 8. The molecule has 1 aromatic rings. The smallest absolute Gasteiger partial charge is 0.252 e. The van der Waals surface area contributed by atoms with Crippen molar-refractivity contribution in [3.05, 3.63) is 35.4 Å². The summed E-state index contributed by atoms with van der Waals surface area (Å²) in [4.78, 5) is 25.1. The monoisotopic (exact) mass is 332 g/mol. The summed E-state index contributed by atoms with van der Waals surface area (Å²) in [5, 5.41) is 5.93. The molecule has 2 atom stereocenters. The SMILES string of the molecule is Cc1ccccc1C(=O)NC(C(=O)NC(C)CCC(C)C)C(C)C. The highest BCUT2D eigenvalue weighted by atomic mass is 16.2. The number of amides is 2. The minimum Gasteiger partial charge on any atom is -0.352 e. The Morgan fingerprint density at radius 3 is 2.12 bits per heavy atom. The summed E-state index contributed by atoms with van der Waals surface area (Å²) in [7, 11) is 0. The molecule has 2 amide bonds. The van der Waals surface area contributed by atoms with E-state index in [1.54, 1.807) is 6.07 Å². The van der Waals surface area contributed by atoms with E-state index in [2.05, 4.69) is 24.5 Å². The van der Waals surface area contributed by atoms with Gasteiger partial charge in [-0.05, 0) is 50.2 Å². The minimum atomic E-state index is -0.529. The fourth-order valence-corrected chi connectivity index (χ4v) is 2.57. The van der Waals surface area contributed by atoms with Crippen LogP contribution in [0.4, 0.5) is 0 Å². The van der Waals surface area contributed by atoms with E-state index in [9.17, 15) is 9.59 Å². The quantitative estimate of drug-likeness (QED) is 0.763. The third-order valence-corrected chi connectivity index (χ3v) is 4.19. The Morgan fingerprint density at radius 2 is 1.58 bits per heavy atom. The molecule has 0 aliphatic heterocycles. The molecular weight excluding hydrogens is 300 g/mol. The van der Waals surface area contributed by atoms with Gasteiger partial charge in [-0.1, -0.05) is 45.9 Å². The Balaban J connectivity index is 2.71. The highest BCUT2D eigenvalue weighted by molar-refractivity contribution is 5.98. The van der Waals surface area contributed by atoms with Crippen LogP contribution in [0.2, 0.25) is 0 Å². The molecule has 4 nitrogen and oxygen atoms in total. The van der Waals surface area contributed by atoms with E-state index in [0.29, 0.717) is 11.5 Å². The molecule has 0 aromatic heterocycles. The van der Waals surface area contributed by atoms with Gasteiger partial charge in [0, 0.05) is 11.6 Å². The first-order valence-electron chi connectivity index (χ1n) is 8.89. The Kier molecular flexibility index (Phi) is 7.96. The van der Waals surface area contributed by atoms with Crippen LogP contribution >= 0.6 is 0 Å². The number of benzene rings is 1. The van der Waals surface area contributed by atoms with Crippen molar-refractivity contribution < 1.29 is 9.59 Å². The Labute approximate surface area is 146 Å². The highest BCUT2D eigenvalue weighted by Crippen LogP contribution is 2.11. The number of nitrogens with one attached hydrogen (secondary N) is 2. The largest absolute Gasteiger partial charge is 0.352 e. The normalized spacial score (nSPS) is 13.7. The van der Waals surface area contributed by atoms with E-state index >= 15 is 0 Å². The number of carbonyl (C=O) groups excluding carboxylic acids is 2. The lowest BCUT2D eigenvalue weighted by Gasteiger charge is -2.24. The van der Waals surface area contributed by atoms with E-state index in [4.69, 9.17) is 0 Å². The fourth-order valence-electron chi connectivity index (χ4n) is 2.57. The lowest BCUT2D eigenvalue weighted by atomic mass is 10.00. The maximum Gasteiger partial charge on any atom is 0.252 e. The number of hydrogen-bond acceptors (Lipinski definition) is 2. The van der Waals surface area contributed by atoms with Crippen molar-refractivity contribution in [2.75, 3.05) is 0 Å². The fraction of sp³-hybridized carbons (Fsp3) is 0.600. The Morgan fingerprint density at radius 1 is 0.958 bits per heavy atom. The van der Waals surface area contributed by atoms with Crippen LogP contribution < -0.4 is 10.6 Å². The van der Waals surface area contributed by atoms with Crippen LogP contribution in [0.5, 0.6) is 0 Å². The van der Waals surface area contributed by atoms with Gasteiger partial charge in [-0.2, -0.15) is 0 Å². The molecule has 0 saturated heterocycles. The first-order chi connectivity index (χ1) is 11.2. The standard InChI is InChI=1S/C20H32N2O2/c1-13(2)11-12-16(6)21-20(24)18(14(3)4)22-19(23)17-10-8-7-9-15(17)5/h7-10,13-14,16,18H,11-12H2,1-6H3,(H,21,24)(H,22,23). The molecule has 4 heteroatoms. The zero-order valence-corrected chi connectivity index (χ0v) is 15.8. The van der Waals surface area contributed by atoms with Crippen molar-refractivity contribution in [2.24, 2.45) is 11.8 Å². The predicted octanol–water partition coefficient (Wildman–Crippen LogP) is 3.69. The van der Waals surface area contributed by atoms with Gasteiger partial charge in [-0.15, -0.1) is 0 Å². The lowest BCUT2D eigenvalue weighted by molar-refractivity contribution is -0.124. The first kappa shape index (κ1) is 20.2.